The first-order valence-electron chi connectivity index (χ1n) is 9.56. The Morgan fingerprint density at radius 2 is 2.23 bits per heavy atom. The van der Waals surface area contributed by atoms with E-state index in [9.17, 15) is 10.1 Å². The first kappa shape index (κ1) is 19.4. The van der Waals surface area contributed by atoms with Crippen molar-refractivity contribution in [2.45, 2.75) is 18.9 Å². The van der Waals surface area contributed by atoms with Gasteiger partial charge in [-0.3, -0.25) is 10.1 Å². The van der Waals surface area contributed by atoms with E-state index in [2.05, 4.69) is 26.3 Å². The summed E-state index contributed by atoms with van der Waals surface area (Å²) in [7, 11) is 3.44. The first-order chi connectivity index (χ1) is 14.5. The van der Waals surface area contributed by atoms with Crippen LogP contribution >= 0.6 is 0 Å². The Kier molecular flexibility index (Phi) is 5.10. The van der Waals surface area contributed by atoms with Crippen molar-refractivity contribution < 1.29 is 9.66 Å². The van der Waals surface area contributed by atoms with Gasteiger partial charge < -0.3 is 19.5 Å². The number of nitrogens with one attached hydrogen (secondary N) is 1. The van der Waals surface area contributed by atoms with E-state index in [-0.39, 0.29) is 11.7 Å². The number of nitro benzene ring substituents is 1. The van der Waals surface area contributed by atoms with Gasteiger partial charge in [-0.2, -0.15) is 5.26 Å². The Balaban J connectivity index is 1.55. The van der Waals surface area contributed by atoms with E-state index in [1.54, 1.807) is 12.1 Å². The van der Waals surface area contributed by atoms with Crippen LogP contribution in [0.4, 0.5) is 17.5 Å². The molecule has 1 aromatic carbocycles. The number of nitro groups is 1. The fraction of sp³-hybridized carbons (Fsp3) is 0.350. The second-order valence-corrected chi connectivity index (χ2v) is 7.21. The molecule has 0 amide bonds. The monoisotopic (exact) mass is 407 g/mol. The molecular weight excluding hydrogens is 386 g/mol. The minimum absolute atomic E-state index is 0.0335. The zero-order valence-electron chi connectivity index (χ0n) is 16.7. The van der Waals surface area contributed by atoms with Gasteiger partial charge in [0, 0.05) is 44.4 Å². The average Bonchev–Trinajstić information content (AvgIpc) is 3.09. The molecule has 2 aromatic heterocycles. The van der Waals surface area contributed by atoms with Crippen molar-refractivity contribution >= 4 is 28.5 Å². The van der Waals surface area contributed by atoms with Gasteiger partial charge >= 0.3 is 0 Å². The van der Waals surface area contributed by atoms with E-state index in [0.29, 0.717) is 29.2 Å². The Labute approximate surface area is 172 Å². The normalized spacial score (nSPS) is 16.3. The maximum atomic E-state index is 11.1. The molecule has 0 saturated carbocycles. The molecule has 4 rings (SSSR count). The third kappa shape index (κ3) is 3.57. The van der Waals surface area contributed by atoms with Gasteiger partial charge in [-0.1, -0.05) is 0 Å². The first-order valence-corrected chi connectivity index (χ1v) is 9.56. The summed E-state index contributed by atoms with van der Waals surface area (Å²) in [6.45, 7) is 1.56. The van der Waals surface area contributed by atoms with Crippen molar-refractivity contribution in [3.8, 4) is 11.8 Å². The van der Waals surface area contributed by atoms with Crippen LogP contribution in [0.15, 0.2) is 30.5 Å². The number of pyridine rings is 1. The van der Waals surface area contributed by atoms with Crippen LogP contribution in [0, 0.1) is 21.4 Å². The summed E-state index contributed by atoms with van der Waals surface area (Å²) in [6.07, 6.45) is 3.44. The number of aromatic nitrogens is 3. The third-order valence-corrected chi connectivity index (χ3v) is 5.31. The lowest BCUT2D eigenvalue weighted by atomic mass is 10.1. The minimum Gasteiger partial charge on any atom is -0.495 e. The summed E-state index contributed by atoms with van der Waals surface area (Å²) in [5.41, 5.74) is 1.88. The summed E-state index contributed by atoms with van der Waals surface area (Å²) >= 11 is 0. The molecule has 0 spiro atoms. The van der Waals surface area contributed by atoms with E-state index in [1.165, 1.54) is 25.4 Å². The largest absolute Gasteiger partial charge is 0.495 e. The maximum absolute atomic E-state index is 11.1. The number of rotatable bonds is 5. The Morgan fingerprint density at radius 3 is 2.97 bits per heavy atom. The van der Waals surface area contributed by atoms with Crippen LogP contribution in [0.3, 0.4) is 0 Å². The van der Waals surface area contributed by atoms with Gasteiger partial charge in [-0.25, -0.2) is 9.97 Å². The smallest absolute Gasteiger partial charge is 0.271 e. The van der Waals surface area contributed by atoms with Crippen molar-refractivity contribution in [1.29, 1.82) is 5.26 Å². The molecule has 10 heteroatoms. The number of ether oxygens (including phenoxy) is 1. The molecule has 3 heterocycles. The zero-order chi connectivity index (χ0) is 21.3. The Hall–Kier alpha value is -3.87. The zero-order valence-corrected chi connectivity index (χ0v) is 16.7. The fourth-order valence-corrected chi connectivity index (χ4v) is 3.83. The van der Waals surface area contributed by atoms with E-state index < -0.39 is 4.92 Å². The molecule has 0 aliphatic carbocycles. The number of imidazole rings is 1. The number of benzene rings is 1. The number of nitrogens with zero attached hydrogens (tertiary/aromatic N) is 6. The molecule has 0 radical (unpaired) electrons. The Bertz CT molecular complexity index is 1150. The van der Waals surface area contributed by atoms with Crippen LogP contribution in [0.2, 0.25) is 0 Å². The highest BCUT2D eigenvalue weighted by Crippen LogP contribution is 2.28. The number of non-ortho nitro benzene ring substituents is 1. The number of methoxy groups -OCH3 is 1. The molecule has 1 saturated heterocycles. The molecular formula is C20H21N7O3. The summed E-state index contributed by atoms with van der Waals surface area (Å²) in [6, 6.07) is 8.66. The number of hydrogen-bond donors (Lipinski definition) is 1. The van der Waals surface area contributed by atoms with Crippen LogP contribution in [0.1, 0.15) is 18.4 Å². The van der Waals surface area contributed by atoms with Gasteiger partial charge in [0.2, 0.25) is 5.95 Å². The van der Waals surface area contributed by atoms with E-state index in [4.69, 9.17) is 10.00 Å². The van der Waals surface area contributed by atoms with Gasteiger partial charge in [-0.05, 0) is 18.9 Å². The summed E-state index contributed by atoms with van der Waals surface area (Å²) in [4.78, 5) is 21.8. The lowest BCUT2D eigenvalue weighted by molar-refractivity contribution is -0.384. The summed E-state index contributed by atoms with van der Waals surface area (Å²) in [5.74, 6) is 1.92. The highest BCUT2D eigenvalue weighted by molar-refractivity contribution is 5.81. The van der Waals surface area contributed by atoms with Crippen LogP contribution in [0.25, 0.3) is 11.0 Å². The third-order valence-electron chi connectivity index (χ3n) is 5.31. The minimum atomic E-state index is -0.409. The van der Waals surface area contributed by atoms with Crippen molar-refractivity contribution in [3.05, 3.63) is 46.1 Å². The quantitative estimate of drug-likeness (QED) is 0.506. The van der Waals surface area contributed by atoms with Crippen LogP contribution in [-0.2, 0) is 7.05 Å². The predicted molar refractivity (Wildman–Crippen MR) is 112 cm³/mol. The molecule has 0 bridgehead atoms. The number of piperidine rings is 1. The molecule has 1 unspecified atom stereocenters. The number of anilines is 2. The Morgan fingerprint density at radius 1 is 1.40 bits per heavy atom. The summed E-state index contributed by atoms with van der Waals surface area (Å²) in [5, 5.41) is 23.6. The lowest BCUT2D eigenvalue weighted by Crippen LogP contribution is -2.43. The number of hydrogen-bond acceptors (Lipinski definition) is 8. The van der Waals surface area contributed by atoms with Gasteiger partial charge in [0.25, 0.3) is 5.69 Å². The lowest BCUT2D eigenvalue weighted by Gasteiger charge is -2.34. The molecule has 154 valence electrons. The van der Waals surface area contributed by atoms with Crippen LogP contribution in [-0.4, -0.2) is 45.7 Å². The highest BCUT2D eigenvalue weighted by atomic mass is 16.6. The summed E-state index contributed by atoms with van der Waals surface area (Å²) < 4.78 is 7.22. The van der Waals surface area contributed by atoms with Crippen molar-refractivity contribution in [2.24, 2.45) is 7.05 Å². The van der Waals surface area contributed by atoms with Crippen molar-refractivity contribution in [3.63, 3.8) is 0 Å². The van der Waals surface area contributed by atoms with E-state index in [0.717, 1.165) is 30.9 Å². The van der Waals surface area contributed by atoms with Gasteiger partial charge in [0.1, 0.15) is 23.2 Å². The van der Waals surface area contributed by atoms with E-state index >= 15 is 0 Å². The fourth-order valence-electron chi connectivity index (χ4n) is 3.83. The maximum Gasteiger partial charge on any atom is 0.271 e. The van der Waals surface area contributed by atoms with Crippen LogP contribution < -0.4 is 15.0 Å². The van der Waals surface area contributed by atoms with Gasteiger partial charge in [-0.15, -0.1) is 0 Å². The van der Waals surface area contributed by atoms with Gasteiger partial charge in [0.15, 0.2) is 0 Å². The number of aryl methyl sites for hydroxylation is 1. The highest BCUT2D eigenvalue weighted by Gasteiger charge is 2.24. The SMILES string of the molecule is COc1cc(NC2CCCN(c3nc4cc([N+](=O)[O-])ccc4n3C)C2)ncc1C#N. The molecule has 1 N–H and O–H groups in total. The molecule has 10 nitrogen and oxygen atoms in total. The van der Waals surface area contributed by atoms with Crippen LogP contribution in [0.5, 0.6) is 5.75 Å². The average molecular weight is 407 g/mol. The standard InChI is InChI=1S/C20H21N7O3/c1-25-17-6-5-15(27(28)29)8-16(17)24-20(25)26-7-3-4-14(12-26)23-19-9-18(30-2)13(10-21)11-22-19/h5-6,8-9,11,14H,3-4,7,12H2,1-2H3,(H,22,23). The second kappa shape index (κ2) is 7.87. The second-order valence-electron chi connectivity index (χ2n) is 7.21. The number of fused-ring (bicyclic) bond motifs is 1. The van der Waals surface area contributed by atoms with E-state index in [1.807, 2.05) is 11.6 Å². The molecule has 1 aliphatic rings. The number of nitriles is 1. The predicted octanol–water partition coefficient (Wildman–Crippen LogP) is 2.84. The van der Waals surface area contributed by atoms with Gasteiger partial charge in [0.05, 0.1) is 29.3 Å². The molecule has 1 atom stereocenters. The molecule has 3 aromatic rings. The molecule has 1 aliphatic heterocycles. The molecule has 1 fully saturated rings. The van der Waals surface area contributed by atoms with Crippen molar-refractivity contribution in [2.75, 3.05) is 30.4 Å². The molecule has 30 heavy (non-hydrogen) atoms. The van der Waals surface area contributed by atoms with Crippen molar-refractivity contribution in [1.82, 2.24) is 14.5 Å². The topological polar surface area (TPSA) is 122 Å².